The fourth-order valence-corrected chi connectivity index (χ4v) is 3.04. The summed E-state index contributed by atoms with van der Waals surface area (Å²) >= 11 is 0. The molecule has 28 heavy (non-hydrogen) atoms. The summed E-state index contributed by atoms with van der Waals surface area (Å²) in [5.74, 6) is -0.558. The molecule has 7 nitrogen and oxygen atoms in total. The summed E-state index contributed by atoms with van der Waals surface area (Å²) in [7, 11) is 0. The lowest BCUT2D eigenvalue weighted by molar-refractivity contribution is -0.384. The SMILES string of the molecule is Cc1cc(/C=C(\C#N)C(=O)c2cccc([N+](=O)[O-])c2)c(C)n1-c1cccnc1. The van der Waals surface area contributed by atoms with Crippen LogP contribution in [0.15, 0.2) is 60.4 Å². The second kappa shape index (κ2) is 7.68. The van der Waals surface area contributed by atoms with E-state index in [0.717, 1.165) is 22.6 Å². The third-order valence-corrected chi connectivity index (χ3v) is 4.36. The second-order valence-electron chi connectivity index (χ2n) is 6.18. The molecule has 0 spiro atoms. The summed E-state index contributed by atoms with van der Waals surface area (Å²) in [5.41, 5.74) is 3.19. The highest BCUT2D eigenvalue weighted by Crippen LogP contribution is 2.24. The van der Waals surface area contributed by atoms with E-state index in [0.29, 0.717) is 0 Å². The standard InChI is InChI=1S/C21H16N4O3/c1-14-9-17(15(2)24(14)20-7-4-8-23-13-20)10-18(12-22)21(26)16-5-3-6-19(11-16)25(27)28/h3-11,13H,1-2H3/b18-10+. The maximum atomic E-state index is 12.7. The van der Waals surface area contributed by atoms with Crippen LogP contribution in [0.1, 0.15) is 27.3 Å². The van der Waals surface area contributed by atoms with Crippen molar-refractivity contribution in [2.24, 2.45) is 0 Å². The number of rotatable bonds is 5. The molecule has 1 aromatic carbocycles. The van der Waals surface area contributed by atoms with E-state index < -0.39 is 10.7 Å². The van der Waals surface area contributed by atoms with E-state index in [1.165, 1.54) is 30.3 Å². The predicted octanol–water partition coefficient (Wildman–Crippen LogP) is 4.19. The summed E-state index contributed by atoms with van der Waals surface area (Å²) in [6, 6.07) is 12.9. The van der Waals surface area contributed by atoms with Crippen LogP contribution in [0, 0.1) is 35.3 Å². The van der Waals surface area contributed by atoms with Crippen LogP contribution in [-0.4, -0.2) is 20.3 Å². The van der Waals surface area contributed by atoms with Crippen LogP contribution in [0.25, 0.3) is 11.8 Å². The summed E-state index contributed by atoms with van der Waals surface area (Å²) < 4.78 is 1.98. The highest BCUT2D eigenvalue weighted by molar-refractivity contribution is 6.14. The first kappa shape index (κ1) is 18.7. The number of Topliss-reactive ketones (excluding diaryl/α,β-unsaturated/α-hetero) is 1. The number of hydrogen-bond acceptors (Lipinski definition) is 5. The third kappa shape index (κ3) is 3.57. The van der Waals surface area contributed by atoms with Crippen molar-refractivity contribution < 1.29 is 9.72 Å². The van der Waals surface area contributed by atoms with E-state index >= 15 is 0 Å². The largest absolute Gasteiger partial charge is 0.316 e. The Labute approximate surface area is 161 Å². The summed E-state index contributed by atoms with van der Waals surface area (Å²) in [5, 5.41) is 20.4. The van der Waals surface area contributed by atoms with Crippen molar-refractivity contribution in [3.05, 3.63) is 93.1 Å². The Hall–Kier alpha value is -4.05. The molecule has 0 amide bonds. The highest BCUT2D eigenvalue weighted by Gasteiger charge is 2.17. The first-order valence-corrected chi connectivity index (χ1v) is 8.42. The van der Waals surface area contributed by atoms with Crippen LogP contribution < -0.4 is 0 Å². The summed E-state index contributed by atoms with van der Waals surface area (Å²) in [4.78, 5) is 27.2. The van der Waals surface area contributed by atoms with Gasteiger partial charge in [-0.2, -0.15) is 5.26 Å². The first-order valence-electron chi connectivity index (χ1n) is 8.42. The second-order valence-corrected chi connectivity index (χ2v) is 6.18. The lowest BCUT2D eigenvalue weighted by Gasteiger charge is -2.08. The molecule has 0 aliphatic heterocycles. The average molecular weight is 372 g/mol. The van der Waals surface area contributed by atoms with E-state index in [4.69, 9.17) is 0 Å². The number of allylic oxidation sites excluding steroid dienone is 1. The molecule has 0 N–H and O–H groups in total. The van der Waals surface area contributed by atoms with Gasteiger partial charge in [0, 0.05) is 35.3 Å². The molecule has 2 aromatic heterocycles. The van der Waals surface area contributed by atoms with Gasteiger partial charge in [-0.15, -0.1) is 0 Å². The number of nitro groups is 1. The molecule has 7 heteroatoms. The van der Waals surface area contributed by atoms with Crippen molar-refractivity contribution in [1.82, 2.24) is 9.55 Å². The van der Waals surface area contributed by atoms with Gasteiger partial charge in [0.15, 0.2) is 0 Å². The van der Waals surface area contributed by atoms with Crippen LogP contribution >= 0.6 is 0 Å². The zero-order chi connectivity index (χ0) is 20.3. The van der Waals surface area contributed by atoms with Gasteiger partial charge in [-0.05, 0) is 43.7 Å². The average Bonchev–Trinajstić information content (AvgIpc) is 2.99. The van der Waals surface area contributed by atoms with Gasteiger partial charge in [0.2, 0.25) is 5.78 Å². The fraction of sp³-hybridized carbons (Fsp3) is 0.0952. The molecule has 138 valence electrons. The number of nitro benzene ring substituents is 1. The van der Waals surface area contributed by atoms with Crippen molar-refractivity contribution in [3.8, 4) is 11.8 Å². The van der Waals surface area contributed by atoms with Gasteiger partial charge >= 0.3 is 0 Å². The van der Waals surface area contributed by atoms with E-state index in [1.54, 1.807) is 12.4 Å². The Kier molecular flexibility index (Phi) is 5.14. The molecule has 0 saturated heterocycles. The molecular weight excluding hydrogens is 356 g/mol. The minimum absolute atomic E-state index is 0.0908. The van der Waals surface area contributed by atoms with Crippen LogP contribution in [0.3, 0.4) is 0 Å². The predicted molar refractivity (Wildman–Crippen MR) is 104 cm³/mol. The van der Waals surface area contributed by atoms with E-state index in [1.807, 2.05) is 42.7 Å². The minimum Gasteiger partial charge on any atom is -0.316 e. The van der Waals surface area contributed by atoms with Gasteiger partial charge in [-0.3, -0.25) is 19.9 Å². The van der Waals surface area contributed by atoms with Gasteiger partial charge in [-0.1, -0.05) is 12.1 Å². The number of non-ortho nitro benzene ring substituents is 1. The number of aromatic nitrogens is 2. The molecule has 0 saturated carbocycles. The third-order valence-electron chi connectivity index (χ3n) is 4.36. The minimum atomic E-state index is -0.575. The van der Waals surface area contributed by atoms with Crippen LogP contribution in [0.4, 0.5) is 5.69 Å². The van der Waals surface area contributed by atoms with Crippen LogP contribution in [0.2, 0.25) is 0 Å². The number of pyridine rings is 1. The number of ketones is 1. The molecule has 0 atom stereocenters. The van der Waals surface area contributed by atoms with Gasteiger partial charge in [-0.25, -0.2) is 0 Å². The zero-order valence-electron chi connectivity index (χ0n) is 15.3. The Morgan fingerprint density at radius 2 is 2.04 bits per heavy atom. The normalized spacial score (nSPS) is 11.1. The van der Waals surface area contributed by atoms with Crippen molar-refractivity contribution in [2.75, 3.05) is 0 Å². The first-order chi connectivity index (χ1) is 13.4. The molecule has 3 rings (SSSR count). The molecule has 0 unspecified atom stereocenters. The topological polar surface area (TPSA) is 102 Å². The number of carbonyl (C=O) groups excluding carboxylic acids is 1. The molecular formula is C21H16N4O3. The zero-order valence-corrected chi connectivity index (χ0v) is 15.3. The Morgan fingerprint density at radius 1 is 1.25 bits per heavy atom. The highest BCUT2D eigenvalue weighted by atomic mass is 16.6. The Morgan fingerprint density at radius 3 is 2.68 bits per heavy atom. The molecule has 0 radical (unpaired) electrons. The summed E-state index contributed by atoms with van der Waals surface area (Å²) in [6.07, 6.45) is 4.92. The van der Waals surface area contributed by atoms with Gasteiger partial charge in [0.1, 0.15) is 11.6 Å². The maximum Gasteiger partial charge on any atom is 0.270 e. The van der Waals surface area contributed by atoms with E-state index in [-0.39, 0.29) is 16.8 Å². The molecule has 3 aromatic rings. The molecule has 0 aliphatic carbocycles. The number of nitriles is 1. The molecule has 0 fully saturated rings. The Balaban J connectivity index is 2.02. The number of hydrogen-bond donors (Lipinski definition) is 0. The van der Waals surface area contributed by atoms with Crippen molar-refractivity contribution in [1.29, 1.82) is 5.26 Å². The monoisotopic (exact) mass is 372 g/mol. The smallest absolute Gasteiger partial charge is 0.270 e. The number of carbonyl (C=O) groups is 1. The number of nitrogens with zero attached hydrogens (tertiary/aromatic N) is 4. The quantitative estimate of drug-likeness (QED) is 0.220. The molecule has 2 heterocycles. The summed E-state index contributed by atoms with van der Waals surface area (Å²) in [6.45, 7) is 3.81. The maximum absolute atomic E-state index is 12.7. The van der Waals surface area contributed by atoms with Crippen molar-refractivity contribution in [3.63, 3.8) is 0 Å². The van der Waals surface area contributed by atoms with Gasteiger partial charge in [0.25, 0.3) is 5.69 Å². The molecule has 0 aliphatic rings. The molecule has 0 bridgehead atoms. The van der Waals surface area contributed by atoms with Gasteiger partial charge in [0.05, 0.1) is 16.8 Å². The van der Waals surface area contributed by atoms with Crippen molar-refractivity contribution >= 4 is 17.5 Å². The van der Waals surface area contributed by atoms with Gasteiger partial charge < -0.3 is 4.57 Å². The van der Waals surface area contributed by atoms with E-state index in [9.17, 15) is 20.2 Å². The lowest BCUT2D eigenvalue weighted by Crippen LogP contribution is -2.03. The van der Waals surface area contributed by atoms with Crippen molar-refractivity contribution in [2.45, 2.75) is 13.8 Å². The van der Waals surface area contributed by atoms with E-state index in [2.05, 4.69) is 4.98 Å². The number of benzene rings is 1. The lowest BCUT2D eigenvalue weighted by atomic mass is 10.0. The van der Waals surface area contributed by atoms with Crippen LogP contribution in [-0.2, 0) is 0 Å². The Bertz CT molecular complexity index is 1140. The van der Waals surface area contributed by atoms with Crippen LogP contribution in [0.5, 0.6) is 0 Å². The fourth-order valence-electron chi connectivity index (χ4n) is 3.04. The number of aryl methyl sites for hydroxylation is 1.